The number of amides is 1. The van der Waals surface area contributed by atoms with E-state index < -0.39 is 10.0 Å². The maximum atomic E-state index is 12.8. The van der Waals surface area contributed by atoms with E-state index in [1.807, 2.05) is 23.6 Å². The molecule has 0 atom stereocenters. The fourth-order valence-corrected chi connectivity index (χ4v) is 6.73. The number of carbonyl (C=O) groups excluding carboxylic acids is 1. The molecule has 1 aliphatic rings. The number of carbonyl (C=O) groups is 1. The monoisotopic (exact) mass is 482 g/mol. The van der Waals surface area contributed by atoms with Gasteiger partial charge in [-0.3, -0.25) is 4.79 Å². The molecule has 3 aromatic rings. The van der Waals surface area contributed by atoms with E-state index in [0.29, 0.717) is 52.6 Å². The van der Waals surface area contributed by atoms with Crippen molar-refractivity contribution in [2.75, 3.05) is 26.2 Å². The summed E-state index contributed by atoms with van der Waals surface area (Å²) in [7, 11) is -3.48. The first-order valence-corrected chi connectivity index (χ1v) is 12.8. The lowest BCUT2D eigenvalue weighted by Crippen LogP contribution is -2.50. The lowest BCUT2D eigenvalue weighted by Gasteiger charge is -2.33. The third-order valence-corrected chi connectivity index (χ3v) is 9.26. The number of nitrogens with zero attached hydrogens (tertiary/aromatic N) is 2. The minimum absolute atomic E-state index is 0.0860. The van der Waals surface area contributed by atoms with Crippen molar-refractivity contribution in [1.29, 1.82) is 0 Å². The number of ether oxygens (including phenoxy) is 1. The number of benzene rings is 1. The van der Waals surface area contributed by atoms with Crippen LogP contribution < -0.4 is 4.74 Å². The van der Waals surface area contributed by atoms with Crippen molar-refractivity contribution in [3.8, 4) is 5.75 Å². The second-order valence-corrected chi connectivity index (χ2v) is 11.1. The molecule has 2 aromatic heterocycles. The molecule has 1 fully saturated rings. The molecule has 30 heavy (non-hydrogen) atoms. The van der Waals surface area contributed by atoms with Gasteiger partial charge in [0.15, 0.2) is 0 Å². The third kappa shape index (κ3) is 4.55. The van der Waals surface area contributed by atoms with Gasteiger partial charge in [0.1, 0.15) is 16.6 Å². The molecule has 0 unspecified atom stereocenters. The van der Waals surface area contributed by atoms with Gasteiger partial charge < -0.3 is 9.64 Å². The second-order valence-electron chi connectivity index (χ2n) is 6.67. The van der Waals surface area contributed by atoms with Crippen LogP contribution in [-0.4, -0.2) is 49.7 Å². The first-order valence-electron chi connectivity index (χ1n) is 9.23. The number of thiophene rings is 2. The predicted octanol–water partition coefficient (Wildman–Crippen LogP) is 4.19. The van der Waals surface area contributed by atoms with Crippen molar-refractivity contribution in [2.45, 2.75) is 10.8 Å². The third-order valence-electron chi connectivity index (χ3n) is 4.71. The van der Waals surface area contributed by atoms with E-state index in [2.05, 4.69) is 0 Å². The van der Waals surface area contributed by atoms with Crippen molar-refractivity contribution in [3.63, 3.8) is 0 Å². The van der Waals surface area contributed by atoms with Gasteiger partial charge in [0.05, 0.1) is 9.90 Å². The Bertz CT molecular complexity index is 1120. The molecule has 6 nitrogen and oxygen atoms in total. The lowest BCUT2D eigenvalue weighted by atomic mass is 10.3. The van der Waals surface area contributed by atoms with Gasteiger partial charge in [-0.1, -0.05) is 29.8 Å². The zero-order valence-corrected chi connectivity index (χ0v) is 19.1. The van der Waals surface area contributed by atoms with Crippen molar-refractivity contribution >= 4 is 50.2 Å². The van der Waals surface area contributed by atoms with Gasteiger partial charge in [-0.2, -0.15) is 4.31 Å². The van der Waals surface area contributed by atoms with Gasteiger partial charge in [0.2, 0.25) is 0 Å². The summed E-state index contributed by atoms with van der Waals surface area (Å²) in [6.07, 6.45) is 0. The Morgan fingerprint density at radius 1 is 1.07 bits per heavy atom. The van der Waals surface area contributed by atoms with Crippen LogP contribution in [0.15, 0.2) is 57.4 Å². The van der Waals surface area contributed by atoms with Crippen LogP contribution in [0.4, 0.5) is 0 Å². The number of sulfonamides is 1. The van der Waals surface area contributed by atoms with Gasteiger partial charge in [-0.25, -0.2) is 8.42 Å². The van der Waals surface area contributed by atoms with E-state index in [1.165, 1.54) is 27.0 Å². The molecular weight excluding hydrogens is 464 g/mol. The van der Waals surface area contributed by atoms with Crippen molar-refractivity contribution in [2.24, 2.45) is 0 Å². The summed E-state index contributed by atoms with van der Waals surface area (Å²) in [6.45, 7) is 1.64. The second kappa shape index (κ2) is 9.07. The van der Waals surface area contributed by atoms with E-state index in [-0.39, 0.29) is 5.91 Å². The molecule has 158 valence electrons. The molecule has 0 aliphatic carbocycles. The number of rotatable bonds is 6. The van der Waals surface area contributed by atoms with Gasteiger partial charge in [-0.15, -0.1) is 22.7 Å². The van der Waals surface area contributed by atoms with Crippen LogP contribution in [0.25, 0.3) is 0 Å². The van der Waals surface area contributed by atoms with Crippen molar-refractivity contribution < 1.29 is 17.9 Å². The fourth-order valence-electron chi connectivity index (χ4n) is 3.11. The summed E-state index contributed by atoms with van der Waals surface area (Å²) in [4.78, 5) is 15.1. The fraction of sp³-hybridized carbons (Fsp3) is 0.250. The maximum absolute atomic E-state index is 12.8. The quantitative estimate of drug-likeness (QED) is 0.528. The number of para-hydroxylation sites is 1. The summed E-state index contributed by atoms with van der Waals surface area (Å²) in [6, 6.07) is 12.4. The Balaban J connectivity index is 1.34. The summed E-state index contributed by atoms with van der Waals surface area (Å²) >= 11 is 8.66. The van der Waals surface area contributed by atoms with Crippen LogP contribution in [0.3, 0.4) is 0 Å². The van der Waals surface area contributed by atoms with Crippen LogP contribution >= 0.6 is 34.3 Å². The molecule has 1 aliphatic heterocycles. The molecule has 10 heteroatoms. The average Bonchev–Trinajstić information content (AvgIpc) is 3.45. The molecular formula is C20H19ClN2O4S3. The van der Waals surface area contributed by atoms with E-state index in [4.69, 9.17) is 16.3 Å². The highest BCUT2D eigenvalue weighted by atomic mass is 35.5. The average molecular weight is 483 g/mol. The minimum Gasteiger partial charge on any atom is -0.487 e. The van der Waals surface area contributed by atoms with Crippen LogP contribution in [0.5, 0.6) is 5.75 Å². The molecule has 0 saturated carbocycles. The molecule has 1 amide bonds. The van der Waals surface area contributed by atoms with Crippen molar-refractivity contribution in [3.05, 3.63) is 68.7 Å². The highest BCUT2D eigenvalue weighted by Crippen LogP contribution is 2.26. The Labute approximate surface area is 188 Å². The van der Waals surface area contributed by atoms with Crippen LogP contribution in [0.2, 0.25) is 5.02 Å². The lowest BCUT2D eigenvalue weighted by molar-refractivity contribution is 0.0703. The molecule has 0 N–H and O–H groups in total. The highest BCUT2D eigenvalue weighted by Gasteiger charge is 2.31. The maximum Gasteiger partial charge on any atom is 0.264 e. The Morgan fingerprint density at radius 2 is 1.83 bits per heavy atom. The number of piperazine rings is 1. The van der Waals surface area contributed by atoms with Gasteiger partial charge in [0, 0.05) is 31.7 Å². The number of hydrogen-bond donors (Lipinski definition) is 0. The number of halogens is 1. The summed E-state index contributed by atoms with van der Waals surface area (Å²) in [5, 5.41) is 4.18. The first kappa shape index (κ1) is 21.3. The minimum atomic E-state index is -3.48. The van der Waals surface area contributed by atoms with E-state index in [1.54, 1.807) is 34.5 Å². The smallest absolute Gasteiger partial charge is 0.264 e. The van der Waals surface area contributed by atoms with Gasteiger partial charge in [0.25, 0.3) is 15.9 Å². The summed E-state index contributed by atoms with van der Waals surface area (Å²) < 4.78 is 32.8. The summed E-state index contributed by atoms with van der Waals surface area (Å²) in [5.74, 6) is 0.512. The van der Waals surface area contributed by atoms with Crippen LogP contribution in [0.1, 0.15) is 15.2 Å². The van der Waals surface area contributed by atoms with Crippen LogP contribution in [-0.2, 0) is 16.6 Å². The summed E-state index contributed by atoms with van der Waals surface area (Å²) in [5.41, 5.74) is 0.891. The number of hydrogen-bond acceptors (Lipinski definition) is 6. The topological polar surface area (TPSA) is 66.9 Å². The SMILES string of the molecule is O=C(c1cc(COc2ccccc2Cl)cs1)N1CCN(S(=O)(=O)c2cccs2)CC1. The molecule has 1 saturated heterocycles. The van der Waals surface area contributed by atoms with Crippen molar-refractivity contribution in [1.82, 2.24) is 9.21 Å². The Morgan fingerprint density at radius 3 is 2.53 bits per heavy atom. The molecule has 0 bridgehead atoms. The van der Waals surface area contributed by atoms with E-state index >= 15 is 0 Å². The first-order chi connectivity index (χ1) is 14.4. The molecule has 4 rings (SSSR count). The Hall–Kier alpha value is -1.91. The Kier molecular flexibility index (Phi) is 6.45. The molecule has 0 spiro atoms. The van der Waals surface area contributed by atoms with Gasteiger partial charge >= 0.3 is 0 Å². The molecule has 0 radical (unpaired) electrons. The largest absolute Gasteiger partial charge is 0.487 e. The van der Waals surface area contributed by atoms with Crippen LogP contribution in [0, 0.1) is 0 Å². The highest BCUT2D eigenvalue weighted by molar-refractivity contribution is 7.91. The van der Waals surface area contributed by atoms with E-state index in [9.17, 15) is 13.2 Å². The van der Waals surface area contributed by atoms with Gasteiger partial charge in [-0.05, 0) is 35.0 Å². The zero-order valence-electron chi connectivity index (χ0n) is 15.9. The molecule has 3 heterocycles. The van der Waals surface area contributed by atoms with E-state index in [0.717, 1.165) is 5.56 Å². The zero-order chi connectivity index (χ0) is 21.1. The predicted molar refractivity (Wildman–Crippen MR) is 119 cm³/mol. The standard InChI is InChI=1S/C20H19ClN2O4S3/c21-16-4-1-2-5-17(16)27-13-15-12-18(29-14-15)20(24)22-7-9-23(10-8-22)30(25,26)19-6-3-11-28-19/h1-6,11-12,14H,7-10,13H2. The molecule has 1 aromatic carbocycles. The normalized spacial score (nSPS) is 15.3.